The maximum Gasteiger partial charge on any atom is 0.573 e. The van der Waals surface area contributed by atoms with Crippen molar-refractivity contribution in [3.05, 3.63) is 36.2 Å². The molecule has 0 N–H and O–H groups in total. The first-order valence-corrected chi connectivity index (χ1v) is 8.49. The Bertz CT molecular complexity index is 535. The SMILES string of the molecule is FC(F)(F)Oc1cccc(C[CH]C2(N3CCOCC3)CCCC2)c1. The highest BCUT2D eigenvalue weighted by Crippen LogP contribution is 2.39. The van der Waals surface area contributed by atoms with E-state index in [1.165, 1.54) is 25.0 Å². The second kappa shape index (κ2) is 7.31. The van der Waals surface area contributed by atoms with Crippen molar-refractivity contribution in [1.29, 1.82) is 0 Å². The Hall–Kier alpha value is -1.27. The van der Waals surface area contributed by atoms with Gasteiger partial charge in [0.05, 0.1) is 13.2 Å². The molecular formula is C18H23F3NO2. The summed E-state index contributed by atoms with van der Waals surface area (Å²) in [7, 11) is 0. The summed E-state index contributed by atoms with van der Waals surface area (Å²) in [5.41, 5.74) is 0.904. The van der Waals surface area contributed by atoms with Gasteiger partial charge < -0.3 is 9.47 Å². The molecule has 1 aromatic rings. The molecule has 1 radical (unpaired) electrons. The molecule has 1 saturated heterocycles. The third kappa shape index (κ3) is 4.42. The standard InChI is InChI=1S/C18H23F3NO2/c19-18(20,21)24-16-5-3-4-15(14-16)6-9-17(7-1-2-8-17)22-10-12-23-13-11-22/h3-5,9,14H,1-2,6-8,10-13H2. The van der Waals surface area contributed by atoms with Crippen LogP contribution in [-0.2, 0) is 11.2 Å². The molecule has 1 saturated carbocycles. The summed E-state index contributed by atoms with van der Waals surface area (Å²) in [6, 6.07) is 6.28. The van der Waals surface area contributed by atoms with Gasteiger partial charge in [0.1, 0.15) is 5.75 Å². The van der Waals surface area contributed by atoms with E-state index in [-0.39, 0.29) is 11.3 Å². The molecule has 3 nitrogen and oxygen atoms in total. The van der Waals surface area contributed by atoms with Gasteiger partial charge in [-0.3, -0.25) is 4.90 Å². The van der Waals surface area contributed by atoms with Crippen molar-refractivity contribution in [2.75, 3.05) is 26.3 Å². The summed E-state index contributed by atoms with van der Waals surface area (Å²) < 4.78 is 46.5. The highest BCUT2D eigenvalue weighted by atomic mass is 19.4. The molecule has 0 unspecified atom stereocenters. The van der Waals surface area contributed by atoms with Crippen LogP contribution in [0.2, 0.25) is 0 Å². The Kier molecular flexibility index (Phi) is 5.35. The quantitative estimate of drug-likeness (QED) is 0.808. The minimum absolute atomic E-state index is 0.0602. The van der Waals surface area contributed by atoms with Gasteiger partial charge in [-0.25, -0.2) is 0 Å². The van der Waals surface area contributed by atoms with Crippen molar-refractivity contribution in [3.8, 4) is 5.75 Å². The third-order valence-corrected chi connectivity index (χ3v) is 4.96. The van der Waals surface area contributed by atoms with Crippen LogP contribution in [0.5, 0.6) is 5.75 Å². The Morgan fingerprint density at radius 3 is 2.54 bits per heavy atom. The van der Waals surface area contributed by atoms with Gasteiger partial charge in [-0.15, -0.1) is 13.2 Å². The van der Waals surface area contributed by atoms with E-state index in [2.05, 4.69) is 16.1 Å². The van der Waals surface area contributed by atoms with Crippen molar-refractivity contribution in [2.24, 2.45) is 0 Å². The molecule has 2 fully saturated rings. The maximum absolute atomic E-state index is 12.4. The third-order valence-electron chi connectivity index (χ3n) is 4.96. The van der Waals surface area contributed by atoms with Gasteiger partial charge >= 0.3 is 6.36 Å². The second-order valence-corrected chi connectivity index (χ2v) is 6.51. The number of hydrogen-bond acceptors (Lipinski definition) is 3. The first-order chi connectivity index (χ1) is 11.5. The zero-order valence-electron chi connectivity index (χ0n) is 13.6. The number of halogens is 3. The molecule has 2 aliphatic rings. The fraction of sp³-hybridized carbons (Fsp3) is 0.611. The molecule has 1 heterocycles. The van der Waals surface area contributed by atoms with Gasteiger partial charge in [-0.1, -0.05) is 25.0 Å². The molecule has 0 bridgehead atoms. The van der Waals surface area contributed by atoms with Crippen LogP contribution in [0, 0.1) is 6.42 Å². The van der Waals surface area contributed by atoms with E-state index in [1.807, 2.05) is 6.07 Å². The van der Waals surface area contributed by atoms with Crippen molar-refractivity contribution < 1.29 is 22.6 Å². The van der Waals surface area contributed by atoms with Crippen molar-refractivity contribution in [3.63, 3.8) is 0 Å². The topological polar surface area (TPSA) is 21.7 Å². The van der Waals surface area contributed by atoms with Crippen molar-refractivity contribution in [2.45, 2.75) is 44.0 Å². The first-order valence-electron chi connectivity index (χ1n) is 8.49. The lowest BCUT2D eigenvalue weighted by Crippen LogP contribution is -2.52. The van der Waals surface area contributed by atoms with E-state index >= 15 is 0 Å². The zero-order chi connectivity index (χ0) is 17.0. The fourth-order valence-electron chi connectivity index (χ4n) is 3.82. The largest absolute Gasteiger partial charge is 0.573 e. The maximum atomic E-state index is 12.4. The molecule has 1 aliphatic carbocycles. The number of nitrogens with zero attached hydrogens (tertiary/aromatic N) is 1. The fourth-order valence-corrected chi connectivity index (χ4v) is 3.82. The second-order valence-electron chi connectivity index (χ2n) is 6.51. The minimum atomic E-state index is -4.65. The number of ether oxygens (including phenoxy) is 2. The lowest BCUT2D eigenvalue weighted by Gasteiger charge is -2.43. The van der Waals surface area contributed by atoms with Crippen LogP contribution >= 0.6 is 0 Å². The van der Waals surface area contributed by atoms with Gasteiger partial charge in [-0.05, 0) is 43.4 Å². The Labute approximate surface area is 140 Å². The predicted molar refractivity (Wildman–Crippen MR) is 84.7 cm³/mol. The Balaban J connectivity index is 1.65. The van der Waals surface area contributed by atoms with E-state index in [1.54, 1.807) is 6.07 Å². The average Bonchev–Trinajstić information content (AvgIpc) is 3.03. The number of hydrogen-bond donors (Lipinski definition) is 0. The minimum Gasteiger partial charge on any atom is -0.406 e. The lowest BCUT2D eigenvalue weighted by atomic mass is 9.87. The number of rotatable bonds is 5. The molecule has 1 aromatic carbocycles. The zero-order valence-corrected chi connectivity index (χ0v) is 13.6. The molecule has 0 atom stereocenters. The summed E-state index contributed by atoms with van der Waals surface area (Å²) in [6.07, 6.45) is 2.92. The van der Waals surface area contributed by atoms with Crippen molar-refractivity contribution in [1.82, 2.24) is 4.90 Å². The number of benzene rings is 1. The molecule has 1 aliphatic heterocycles. The van der Waals surface area contributed by atoms with Gasteiger partial charge in [0.25, 0.3) is 0 Å². The molecule has 24 heavy (non-hydrogen) atoms. The van der Waals surface area contributed by atoms with Crippen LogP contribution in [0.1, 0.15) is 31.2 Å². The summed E-state index contributed by atoms with van der Waals surface area (Å²) in [6.45, 7) is 3.36. The van der Waals surface area contributed by atoms with Crippen LogP contribution in [-0.4, -0.2) is 43.1 Å². The lowest BCUT2D eigenvalue weighted by molar-refractivity contribution is -0.274. The molecule has 133 valence electrons. The van der Waals surface area contributed by atoms with Crippen LogP contribution in [0.15, 0.2) is 24.3 Å². The summed E-state index contributed by atoms with van der Waals surface area (Å²) in [5, 5.41) is 0. The van der Waals surface area contributed by atoms with Crippen molar-refractivity contribution >= 4 is 0 Å². The van der Waals surface area contributed by atoms with Gasteiger partial charge in [0.15, 0.2) is 0 Å². The molecule has 0 amide bonds. The van der Waals surface area contributed by atoms with Gasteiger partial charge in [0, 0.05) is 18.6 Å². The van der Waals surface area contributed by atoms with E-state index in [9.17, 15) is 13.2 Å². The number of morpholine rings is 1. The Morgan fingerprint density at radius 1 is 1.17 bits per heavy atom. The molecule has 0 aromatic heterocycles. The number of alkyl halides is 3. The summed E-state index contributed by atoms with van der Waals surface area (Å²) >= 11 is 0. The molecule has 3 rings (SSSR count). The molecule has 0 spiro atoms. The normalized spacial score (nSPS) is 21.8. The average molecular weight is 342 g/mol. The molecular weight excluding hydrogens is 319 g/mol. The highest BCUT2D eigenvalue weighted by Gasteiger charge is 2.39. The summed E-state index contributed by atoms with van der Waals surface area (Å²) in [5.74, 6) is -0.153. The van der Waals surface area contributed by atoms with Crippen LogP contribution in [0.4, 0.5) is 13.2 Å². The first kappa shape index (κ1) is 17.5. The van der Waals surface area contributed by atoms with Crippen LogP contribution in [0.25, 0.3) is 0 Å². The van der Waals surface area contributed by atoms with Gasteiger partial charge in [0.2, 0.25) is 0 Å². The highest BCUT2D eigenvalue weighted by molar-refractivity contribution is 5.30. The van der Waals surface area contributed by atoms with E-state index in [0.29, 0.717) is 6.42 Å². The molecule has 6 heteroatoms. The van der Waals surface area contributed by atoms with Crippen LogP contribution < -0.4 is 4.74 Å². The van der Waals surface area contributed by atoms with Crippen LogP contribution in [0.3, 0.4) is 0 Å². The monoisotopic (exact) mass is 342 g/mol. The van der Waals surface area contributed by atoms with E-state index in [0.717, 1.165) is 44.7 Å². The predicted octanol–water partition coefficient (Wildman–Crippen LogP) is 3.98. The van der Waals surface area contributed by atoms with E-state index in [4.69, 9.17) is 4.74 Å². The Morgan fingerprint density at radius 2 is 1.88 bits per heavy atom. The van der Waals surface area contributed by atoms with E-state index < -0.39 is 6.36 Å². The van der Waals surface area contributed by atoms with Gasteiger partial charge in [-0.2, -0.15) is 0 Å². The summed E-state index contributed by atoms with van der Waals surface area (Å²) in [4.78, 5) is 2.49. The smallest absolute Gasteiger partial charge is 0.406 e.